The quantitative estimate of drug-likeness (QED) is 0.367. The third kappa shape index (κ3) is 3.88. The minimum Gasteiger partial charge on any atom is -0.481 e. The summed E-state index contributed by atoms with van der Waals surface area (Å²) in [7, 11) is 2.04. The molecule has 3 aliphatic rings. The lowest BCUT2D eigenvalue weighted by Crippen LogP contribution is -2.49. The van der Waals surface area contributed by atoms with Crippen LogP contribution in [-0.4, -0.2) is 53.7 Å². The molecule has 0 radical (unpaired) electrons. The second-order valence-corrected chi connectivity index (χ2v) is 9.46. The molecule has 0 aromatic carbocycles. The average molecular weight is 357 g/mol. The van der Waals surface area contributed by atoms with Crippen molar-refractivity contribution in [1.29, 1.82) is 0 Å². The minimum absolute atomic E-state index is 0.0289. The largest absolute Gasteiger partial charge is 0.500 e. The molecule has 0 aromatic rings. The number of carbonyl (C=O) groups excluding carboxylic acids is 1. The van der Waals surface area contributed by atoms with Crippen molar-refractivity contribution in [3.05, 3.63) is 12.2 Å². The first-order valence-corrected chi connectivity index (χ1v) is 10.3. The van der Waals surface area contributed by atoms with Crippen LogP contribution in [0.15, 0.2) is 12.2 Å². The molecular weight excluding hydrogens is 330 g/mol. The summed E-state index contributed by atoms with van der Waals surface area (Å²) in [5.74, 6) is -2.13. The molecule has 0 aromatic heterocycles. The minimum atomic E-state index is -2.63. The number of nitrogens with one attached hydrogen (secondary N) is 1. The van der Waals surface area contributed by atoms with E-state index in [1.54, 1.807) is 21.3 Å². The number of aliphatic carboxylic acids is 1. The SMILES string of the molecule is CO[Si](CCCNC(=O)C1C2C=CC(CC2)C1C(=O)O)(OC)OC. The second kappa shape index (κ2) is 8.24. The maximum atomic E-state index is 12.5. The fourth-order valence-corrected chi connectivity index (χ4v) is 5.60. The van der Waals surface area contributed by atoms with Crippen molar-refractivity contribution in [1.82, 2.24) is 5.32 Å². The number of hydrogen-bond donors (Lipinski definition) is 2. The lowest BCUT2D eigenvalue weighted by molar-refractivity contribution is -0.152. The number of rotatable bonds is 9. The summed E-state index contributed by atoms with van der Waals surface area (Å²) in [4.78, 5) is 24.1. The van der Waals surface area contributed by atoms with Gasteiger partial charge in [0, 0.05) is 33.9 Å². The lowest BCUT2D eigenvalue weighted by Gasteiger charge is -2.41. The zero-order valence-electron chi connectivity index (χ0n) is 14.5. The van der Waals surface area contributed by atoms with Gasteiger partial charge in [-0.1, -0.05) is 12.2 Å². The first-order valence-electron chi connectivity index (χ1n) is 8.32. The molecule has 3 aliphatic carbocycles. The smallest absolute Gasteiger partial charge is 0.481 e. The summed E-state index contributed by atoms with van der Waals surface area (Å²) in [5.41, 5.74) is 0. The number of carboxylic acids is 1. The number of amides is 1. The van der Waals surface area contributed by atoms with Crippen molar-refractivity contribution in [2.45, 2.75) is 25.3 Å². The first kappa shape index (κ1) is 19.1. The fraction of sp³-hybridized carbons (Fsp3) is 0.750. The van der Waals surface area contributed by atoms with Crippen LogP contribution in [0.3, 0.4) is 0 Å². The van der Waals surface area contributed by atoms with Crippen LogP contribution >= 0.6 is 0 Å². The summed E-state index contributed by atoms with van der Waals surface area (Å²) in [6, 6.07) is 0.593. The molecule has 24 heavy (non-hydrogen) atoms. The van der Waals surface area contributed by atoms with Crippen LogP contribution in [-0.2, 0) is 22.9 Å². The molecule has 4 unspecified atom stereocenters. The predicted octanol–water partition coefficient (Wildman–Crippen LogP) is 1.28. The second-order valence-electron chi connectivity index (χ2n) is 6.37. The highest BCUT2D eigenvalue weighted by atomic mass is 28.4. The third-order valence-electron chi connectivity index (χ3n) is 5.23. The molecule has 2 bridgehead atoms. The topological polar surface area (TPSA) is 94.1 Å². The van der Waals surface area contributed by atoms with E-state index in [1.807, 2.05) is 12.2 Å². The van der Waals surface area contributed by atoms with Gasteiger partial charge in [-0.3, -0.25) is 9.59 Å². The Morgan fingerprint density at radius 2 is 1.62 bits per heavy atom. The van der Waals surface area contributed by atoms with Crippen molar-refractivity contribution in [2.75, 3.05) is 27.9 Å². The summed E-state index contributed by atoms with van der Waals surface area (Å²) in [5, 5.41) is 12.4. The van der Waals surface area contributed by atoms with Gasteiger partial charge in [-0.2, -0.15) is 0 Å². The lowest BCUT2D eigenvalue weighted by atomic mass is 9.62. The number of fused-ring (bicyclic) bond motifs is 2. The molecule has 0 spiro atoms. The van der Waals surface area contributed by atoms with Crippen molar-refractivity contribution in [2.24, 2.45) is 23.7 Å². The van der Waals surface area contributed by atoms with E-state index in [0.717, 1.165) is 12.8 Å². The van der Waals surface area contributed by atoms with Gasteiger partial charge in [0.1, 0.15) is 0 Å². The van der Waals surface area contributed by atoms with Crippen molar-refractivity contribution < 1.29 is 28.0 Å². The summed E-state index contributed by atoms with van der Waals surface area (Å²) < 4.78 is 16.0. The van der Waals surface area contributed by atoms with E-state index in [4.69, 9.17) is 13.3 Å². The normalized spacial score (nSPS) is 28.8. The molecule has 0 heterocycles. The Bertz CT molecular complexity index is 485. The zero-order chi connectivity index (χ0) is 17.7. The van der Waals surface area contributed by atoms with Gasteiger partial charge >= 0.3 is 14.8 Å². The van der Waals surface area contributed by atoms with Crippen LogP contribution in [0.25, 0.3) is 0 Å². The van der Waals surface area contributed by atoms with Crippen LogP contribution in [0.5, 0.6) is 0 Å². The average Bonchev–Trinajstić information content (AvgIpc) is 2.62. The van der Waals surface area contributed by atoms with Crippen LogP contribution in [0, 0.1) is 23.7 Å². The summed E-state index contributed by atoms with van der Waals surface area (Å²) in [6.45, 7) is 0.452. The Balaban J connectivity index is 1.88. The molecule has 7 nitrogen and oxygen atoms in total. The summed E-state index contributed by atoms with van der Waals surface area (Å²) >= 11 is 0. The standard InChI is InChI=1S/C16H27NO6Si/c1-21-24(22-2,23-3)10-4-9-17-15(18)13-11-5-7-12(8-6-11)14(13)16(19)20/h5,7,11-14H,4,6,8-10H2,1-3H3,(H,17,18)(H,19,20). The van der Waals surface area contributed by atoms with Crippen LogP contribution in [0.1, 0.15) is 19.3 Å². The highest BCUT2D eigenvalue weighted by Gasteiger charge is 2.48. The number of carbonyl (C=O) groups is 2. The van der Waals surface area contributed by atoms with Crippen LogP contribution < -0.4 is 5.32 Å². The van der Waals surface area contributed by atoms with Gasteiger partial charge in [-0.05, 0) is 31.1 Å². The first-order chi connectivity index (χ1) is 11.5. The van der Waals surface area contributed by atoms with Gasteiger partial charge < -0.3 is 23.7 Å². The zero-order valence-corrected chi connectivity index (χ0v) is 15.5. The van der Waals surface area contributed by atoms with Crippen molar-refractivity contribution in [3.8, 4) is 0 Å². The van der Waals surface area contributed by atoms with Crippen molar-refractivity contribution >= 4 is 20.7 Å². The highest BCUT2D eigenvalue weighted by molar-refractivity contribution is 6.60. The van der Waals surface area contributed by atoms with E-state index in [-0.39, 0.29) is 17.7 Å². The van der Waals surface area contributed by atoms with Gasteiger partial charge in [0.15, 0.2) is 0 Å². The molecule has 1 saturated carbocycles. The molecular formula is C16H27NO6Si. The van der Waals surface area contributed by atoms with Gasteiger partial charge in [0.05, 0.1) is 11.8 Å². The highest BCUT2D eigenvalue weighted by Crippen LogP contribution is 2.45. The maximum absolute atomic E-state index is 12.5. The van der Waals surface area contributed by atoms with Gasteiger partial charge in [-0.25, -0.2) is 0 Å². The van der Waals surface area contributed by atoms with E-state index >= 15 is 0 Å². The van der Waals surface area contributed by atoms with E-state index in [0.29, 0.717) is 19.0 Å². The molecule has 2 N–H and O–H groups in total. The molecule has 1 fully saturated rings. The molecule has 1 amide bonds. The maximum Gasteiger partial charge on any atom is 0.500 e. The molecule has 0 aliphatic heterocycles. The Morgan fingerprint density at radius 3 is 2.08 bits per heavy atom. The number of allylic oxidation sites excluding steroid dienone is 2. The molecule has 0 saturated heterocycles. The molecule has 3 rings (SSSR count). The molecule has 136 valence electrons. The van der Waals surface area contributed by atoms with E-state index in [9.17, 15) is 14.7 Å². The van der Waals surface area contributed by atoms with E-state index in [1.165, 1.54) is 0 Å². The fourth-order valence-electron chi connectivity index (χ4n) is 3.88. The predicted molar refractivity (Wildman–Crippen MR) is 89.2 cm³/mol. The van der Waals surface area contributed by atoms with Crippen molar-refractivity contribution in [3.63, 3.8) is 0 Å². The Hall–Kier alpha value is -1.22. The number of carboxylic acid groups (broad SMARTS) is 1. The summed E-state index contributed by atoms with van der Waals surface area (Å²) in [6.07, 6.45) is 6.37. The Morgan fingerprint density at radius 1 is 1.08 bits per heavy atom. The molecule has 8 heteroatoms. The third-order valence-corrected chi connectivity index (χ3v) is 8.06. The van der Waals surface area contributed by atoms with E-state index in [2.05, 4.69) is 5.32 Å². The van der Waals surface area contributed by atoms with Gasteiger partial charge in [0.2, 0.25) is 5.91 Å². The van der Waals surface area contributed by atoms with Gasteiger partial charge in [-0.15, -0.1) is 0 Å². The Labute approximate surface area is 143 Å². The van der Waals surface area contributed by atoms with Gasteiger partial charge in [0.25, 0.3) is 0 Å². The number of hydrogen-bond acceptors (Lipinski definition) is 5. The Kier molecular flexibility index (Phi) is 6.56. The van der Waals surface area contributed by atoms with Crippen LogP contribution in [0.2, 0.25) is 6.04 Å². The molecule has 4 atom stereocenters. The van der Waals surface area contributed by atoms with Crippen LogP contribution in [0.4, 0.5) is 0 Å². The van der Waals surface area contributed by atoms with E-state index < -0.39 is 26.6 Å². The monoisotopic (exact) mass is 357 g/mol.